The van der Waals surface area contributed by atoms with Gasteiger partial charge in [-0.25, -0.2) is 13.9 Å². The number of nitrogens with one attached hydrogen (secondary N) is 1. The Morgan fingerprint density at radius 2 is 1.85 bits per heavy atom. The van der Waals surface area contributed by atoms with Gasteiger partial charge in [0.25, 0.3) is 5.91 Å². The van der Waals surface area contributed by atoms with Crippen molar-refractivity contribution in [2.75, 3.05) is 45.9 Å². The Bertz CT molecular complexity index is 1050. The van der Waals surface area contributed by atoms with E-state index < -0.39 is 33.6 Å². The lowest BCUT2D eigenvalue weighted by molar-refractivity contribution is 0.0371. The van der Waals surface area contributed by atoms with Crippen molar-refractivity contribution in [3.8, 4) is 5.75 Å². The fourth-order valence-electron chi connectivity index (χ4n) is 4.75. The van der Waals surface area contributed by atoms with Crippen LogP contribution >= 0.6 is 11.6 Å². The molecule has 4 rings (SSSR count). The predicted molar refractivity (Wildman–Crippen MR) is 122 cm³/mol. The van der Waals surface area contributed by atoms with E-state index >= 15 is 0 Å². The number of fused-ring (bicyclic) bond motifs is 1. The van der Waals surface area contributed by atoms with Crippen LogP contribution in [0.4, 0.5) is 9.18 Å². The van der Waals surface area contributed by atoms with Crippen molar-refractivity contribution in [3.05, 3.63) is 28.5 Å². The first-order valence-corrected chi connectivity index (χ1v) is 13.1. The summed E-state index contributed by atoms with van der Waals surface area (Å²) < 4.78 is 49.0. The van der Waals surface area contributed by atoms with Crippen LogP contribution in [0.1, 0.15) is 36.0 Å². The highest BCUT2D eigenvalue weighted by Crippen LogP contribution is 2.31. The lowest BCUT2D eigenvalue weighted by Crippen LogP contribution is -2.64. The number of ether oxygens (including phenoxy) is 1. The maximum Gasteiger partial charge on any atom is 0.407 e. The third kappa shape index (κ3) is 5.56. The predicted octanol–water partition coefficient (Wildman–Crippen LogP) is 2.00. The number of rotatable bonds is 6. The second kappa shape index (κ2) is 10.2. The van der Waals surface area contributed by atoms with Gasteiger partial charge in [-0.2, -0.15) is 12.7 Å². The van der Waals surface area contributed by atoms with Crippen LogP contribution in [0.5, 0.6) is 5.75 Å². The van der Waals surface area contributed by atoms with E-state index in [1.54, 1.807) is 0 Å². The van der Waals surface area contributed by atoms with Gasteiger partial charge in [0.15, 0.2) is 0 Å². The molecule has 34 heavy (non-hydrogen) atoms. The molecule has 1 unspecified atom stereocenters. The number of halogens is 2. The molecule has 3 aliphatic rings. The number of carboxylic acid groups (broad SMARTS) is 1. The molecule has 1 aromatic rings. The van der Waals surface area contributed by atoms with Crippen LogP contribution in [0, 0.1) is 11.7 Å². The van der Waals surface area contributed by atoms with Crippen LogP contribution in [-0.4, -0.2) is 91.5 Å². The highest BCUT2D eigenvalue weighted by Gasteiger charge is 2.38. The molecule has 3 fully saturated rings. The molecule has 0 radical (unpaired) electrons. The lowest BCUT2D eigenvalue weighted by Gasteiger charge is -2.45. The maximum atomic E-state index is 14.7. The zero-order valence-electron chi connectivity index (χ0n) is 18.6. The molecule has 2 aliphatic heterocycles. The zero-order chi connectivity index (χ0) is 24.5. The van der Waals surface area contributed by atoms with E-state index in [0.717, 1.165) is 42.1 Å². The number of carbonyl (C=O) groups is 2. The summed E-state index contributed by atoms with van der Waals surface area (Å²) in [6.45, 7) is 1.99. The molecule has 1 saturated carbocycles. The molecular formula is C21H28ClFN4O6S. The highest BCUT2D eigenvalue weighted by molar-refractivity contribution is 7.87. The number of hydrogen-bond donors (Lipinski definition) is 2. The van der Waals surface area contributed by atoms with Crippen LogP contribution in [0.25, 0.3) is 0 Å². The number of amides is 2. The van der Waals surface area contributed by atoms with Crippen molar-refractivity contribution in [1.82, 2.24) is 18.8 Å². The molecule has 188 valence electrons. The summed E-state index contributed by atoms with van der Waals surface area (Å²) in [4.78, 5) is 27.2. The van der Waals surface area contributed by atoms with E-state index in [1.165, 1.54) is 4.90 Å². The molecule has 2 saturated heterocycles. The van der Waals surface area contributed by atoms with Gasteiger partial charge in [0, 0.05) is 51.4 Å². The van der Waals surface area contributed by atoms with Crippen LogP contribution in [0.15, 0.2) is 12.1 Å². The smallest absolute Gasteiger partial charge is 0.407 e. The van der Waals surface area contributed by atoms with Gasteiger partial charge in [0.1, 0.15) is 11.6 Å². The van der Waals surface area contributed by atoms with Gasteiger partial charge in [-0.3, -0.25) is 9.69 Å². The fourth-order valence-corrected chi connectivity index (χ4v) is 6.14. The quantitative estimate of drug-likeness (QED) is 0.591. The summed E-state index contributed by atoms with van der Waals surface area (Å²) in [6, 6.07) is 1.74. The number of hydrogen-bond acceptors (Lipinski definition) is 6. The molecule has 0 spiro atoms. The van der Waals surface area contributed by atoms with Crippen molar-refractivity contribution in [3.63, 3.8) is 0 Å². The van der Waals surface area contributed by atoms with Crippen molar-refractivity contribution in [1.29, 1.82) is 0 Å². The first kappa shape index (κ1) is 25.0. The monoisotopic (exact) mass is 518 g/mol. The Hall–Kier alpha value is -2.15. The second-order valence-electron chi connectivity index (χ2n) is 8.94. The van der Waals surface area contributed by atoms with Crippen LogP contribution in [0.2, 0.25) is 5.02 Å². The molecule has 2 N–H and O–H groups in total. The van der Waals surface area contributed by atoms with E-state index in [4.69, 9.17) is 16.3 Å². The summed E-state index contributed by atoms with van der Waals surface area (Å²) in [6.07, 6.45) is 3.30. The first-order chi connectivity index (χ1) is 16.1. The molecule has 13 heteroatoms. The third-order valence-electron chi connectivity index (χ3n) is 6.70. The van der Waals surface area contributed by atoms with Gasteiger partial charge < -0.3 is 14.7 Å². The molecule has 1 aromatic carbocycles. The van der Waals surface area contributed by atoms with E-state index in [0.29, 0.717) is 32.2 Å². The molecule has 2 amide bonds. The Kier molecular flexibility index (Phi) is 7.51. The van der Waals surface area contributed by atoms with Gasteiger partial charge in [-0.05, 0) is 24.8 Å². The van der Waals surface area contributed by atoms with Crippen molar-refractivity contribution < 1.29 is 32.2 Å². The minimum absolute atomic E-state index is 0.0174. The summed E-state index contributed by atoms with van der Waals surface area (Å²) in [7, 11) is -4.28. The topological polar surface area (TPSA) is 119 Å². The van der Waals surface area contributed by atoms with Crippen molar-refractivity contribution in [2.45, 2.75) is 31.7 Å². The number of piperazine rings is 2. The summed E-state index contributed by atoms with van der Waals surface area (Å²) in [5.74, 6) is -1.57. The number of carbonyl (C=O) groups excluding carboxylic acids is 1. The molecular weight excluding hydrogens is 491 g/mol. The average Bonchev–Trinajstić information content (AvgIpc) is 3.32. The van der Waals surface area contributed by atoms with Gasteiger partial charge in [-0.15, -0.1) is 0 Å². The van der Waals surface area contributed by atoms with Crippen LogP contribution in [0.3, 0.4) is 0 Å². The molecule has 0 aromatic heterocycles. The number of benzene rings is 1. The van der Waals surface area contributed by atoms with Gasteiger partial charge in [0.2, 0.25) is 0 Å². The Labute approximate surface area is 202 Å². The number of nitrogens with zero attached hydrogens (tertiary/aromatic N) is 3. The van der Waals surface area contributed by atoms with Crippen LogP contribution < -0.4 is 9.46 Å². The van der Waals surface area contributed by atoms with E-state index in [9.17, 15) is 27.5 Å². The second-order valence-corrected chi connectivity index (χ2v) is 11.0. The Balaban J connectivity index is 1.40. The normalized spacial score (nSPS) is 22.4. The third-order valence-corrected chi connectivity index (χ3v) is 8.45. The van der Waals surface area contributed by atoms with E-state index in [2.05, 4.69) is 0 Å². The van der Waals surface area contributed by atoms with Crippen molar-refractivity contribution >= 4 is 33.8 Å². The minimum Gasteiger partial charge on any atom is -0.492 e. The zero-order valence-corrected chi connectivity index (χ0v) is 20.2. The molecule has 10 nitrogen and oxygen atoms in total. The average molecular weight is 519 g/mol. The van der Waals surface area contributed by atoms with Gasteiger partial charge >= 0.3 is 16.3 Å². The van der Waals surface area contributed by atoms with Gasteiger partial charge in [-0.1, -0.05) is 24.4 Å². The Morgan fingerprint density at radius 3 is 2.56 bits per heavy atom. The van der Waals surface area contributed by atoms with Crippen molar-refractivity contribution in [2.24, 2.45) is 5.92 Å². The molecule has 0 bridgehead atoms. The lowest BCUT2D eigenvalue weighted by atomic mass is 10.1. The van der Waals surface area contributed by atoms with E-state index in [-0.39, 0.29) is 36.4 Å². The molecule has 1 aliphatic carbocycles. The standard InChI is InChI=1S/C21H28ClFN4O6S/c22-17-9-16(18(23)10-19(17)33-13-14-3-1-2-4-14)20(28)24-34(31,32)27-8-7-25-5-6-26(21(29)30)11-15(25)12-27/h9-10,14-15H,1-8,11-13H2,(H,24,28)(H,29,30). The van der Waals surface area contributed by atoms with E-state index in [1.807, 2.05) is 9.62 Å². The maximum absolute atomic E-state index is 14.7. The molecule has 1 atom stereocenters. The Morgan fingerprint density at radius 1 is 1.15 bits per heavy atom. The summed E-state index contributed by atoms with van der Waals surface area (Å²) >= 11 is 6.18. The summed E-state index contributed by atoms with van der Waals surface area (Å²) in [5, 5.41) is 9.24. The van der Waals surface area contributed by atoms with Gasteiger partial charge in [0.05, 0.1) is 17.2 Å². The largest absolute Gasteiger partial charge is 0.492 e. The van der Waals surface area contributed by atoms with Crippen LogP contribution in [-0.2, 0) is 10.2 Å². The first-order valence-electron chi connectivity index (χ1n) is 11.3. The minimum atomic E-state index is -4.28. The SMILES string of the molecule is O=C(NS(=O)(=O)N1CCN2CCN(C(=O)O)CC2C1)c1cc(Cl)c(OCC2CCCC2)cc1F. The summed E-state index contributed by atoms with van der Waals surface area (Å²) in [5.41, 5.74) is -0.504. The fraction of sp³-hybridized carbons (Fsp3) is 0.619. The highest BCUT2D eigenvalue weighted by atomic mass is 35.5. The molecule has 2 heterocycles.